The molecule has 118 valence electrons. The fourth-order valence-electron chi connectivity index (χ4n) is 2.39. The maximum atomic E-state index is 11.3. The molecule has 1 aromatic carbocycles. The van der Waals surface area contributed by atoms with E-state index in [9.17, 15) is 8.42 Å². The second kappa shape index (κ2) is 6.61. The van der Waals surface area contributed by atoms with Crippen molar-refractivity contribution >= 4 is 10.2 Å². The van der Waals surface area contributed by atoms with Crippen molar-refractivity contribution in [3.05, 3.63) is 23.8 Å². The Kier molecular flexibility index (Phi) is 5.04. The monoisotopic (exact) mass is 315 g/mol. The highest BCUT2D eigenvalue weighted by atomic mass is 32.2. The van der Waals surface area contributed by atoms with Gasteiger partial charge in [0.2, 0.25) is 0 Å². The number of rotatable bonds is 5. The van der Waals surface area contributed by atoms with E-state index in [1.165, 1.54) is 4.31 Å². The first-order chi connectivity index (χ1) is 9.94. The van der Waals surface area contributed by atoms with E-state index in [0.29, 0.717) is 32.7 Å². The summed E-state index contributed by atoms with van der Waals surface area (Å²) in [6, 6.07) is 5.65. The Balaban J connectivity index is 2.03. The van der Waals surface area contributed by atoms with E-state index in [1.54, 1.807) is 14.2 Å². The van der Waals surface area contributed by atoms with E-state index >= 15 is 0 Å². The quantitative estimate of drug-likeness (QED) is 0.828. The molecule has 0 unspecified atom stereocenters. The van der Waals surface area contributed by atoms with Crippen LogP contribution in [0, 0.1) is 0 Å². The molecular formula is C13H21N3O4S. The first kappa shape index (κ1) is 16.0. The number of hydrogen-bond acceptors (Lipinski definition) is 5. The molecule has 0 aromatic heterocycles. The summed E-state index contributed by atoms with van der Waals surface area (Å²) in [6.07, 6.45) is 0. The van der Waals surface area contributed by atoms with Crippen molar-refractivity contribution in [1.29, 1.82) is 0 Å². The smallest absolute Gasteiger partial charge is 0.276 e. The second-order valence-electron chi connectivity index (χ2n) is 4.90. The molecule has 1 fully saturated rings. The predicted octanol–water partition coefficient (Wildman–Crippen LogP) is 0.0249. The zero-order chi connectivity index (χ0) is 15.5. The molecule has 0 saturated carbocycles. The highest BCUT2D eigenvalue weighted by Gasteiger charge is 2.24. The summed E-state index contributed by atoms with van der Waals surface area (Å²) in [7, 11) is -0.333. The van der Waals surface area contributed by atoms with Crippen molar-refractivity contribution in [2.45, 2.75) is 6.54 Å². The minimum Gasteiger partial charge on any atom is -0.497 e. The van der Waals surface area contributed by atoms with Gasteiger partial charge in [0, 0.05) is 38.3 Å². The zero-order valence-electron chi connectivity index (χ0n) is 12.3. The topological polar surface area (TPSA) is 85.1 Å². The van der Waals surface area contributed by atoms with Gasteiger partial charge in [-0.2, -0.15) is 12.7 Å². The van der Waals surface area contributed by atoms with E-state index in [1.807, 2.05) is 18.2 Å². The molecule has 2 rings (SSSR count). The first-order valence-corrected chi connectivity index (χ1v) is 8.15. The van der Waals surface area contributed by atoms with Crippen molar-refractivity contribution in [1.82, 2.24) is 9.21 Å². The molecule has 1 aromatic rings. The van der Waals surface area contributed by atoms with Gasteiger partial charge in [-0.05, 0) is 18.2 Å². The molecule has 1 aliphatic rings. The molecule has 0 aliphatic carbocycles. The lowest BCUT2D eigenvalue weighted by atomic mass is 10.1. The van der Waals surface area contributed by atoms with Gasteiger partial charge in [0.05, 0.1) is 14.2 Å². The number of hydrogen-bond donors (Lipinski definition) is 1. The van der Waals surface area contributed by atoms with Crippen LogP contribution in [0.25, 0.3) is 0 Å². The van der Waals surface area contributed by atoms with Crippen LogP contribution in [-0.4, -0.2) is 58.0 Å². The highest BCUT2D eigenvalue weighted by Crippen LogP contribution is 2.25. The third-order valence-electron chi connectivity index (χ3n) is 3.57. The second-order valence-corrected chi connectivity index (χ2v) is 6.44. The molecule has 1 saturated heterocycles. The molecule has 0 radical (unpaired) electrons. The number of piperazine rings is 1. The number of methoxy groups -OCH3 is 2. The summed E-state index contributed by atoms with van der Waals surface area (Å²) in [4.78, 5) is 2.17. The average Bonchev–Trinajstić information content (AvgIpc) is 2.46. The molecule has 21 heavy (non-hydrogen) atoms. The van der Waals surface area contributed by atoms with Crippen molar-refractivity contribution in [3.63, 3.8) is 0 Å². The molecule has 0 amide bonds. The lowest BCUT2D eigenvalue weighted by Gasteiger charge is -2.33. The fourth-order valence-corrected chi connectivity index (χ4v) is 3.06. The van der Waals surface area contributed by atoms with Gasteiger partial charge < -0.3 is 9.47 Å². The largest absolute Gasteiger partial charge is 0.497 e. The van der Waals surface area contributed by atoms with E-state index in [-0.39, 0.29) is 0 Å². The van der Waals surface area contributed by atoms with Gasteiger partial charge in [-0.25, -0.2) is 5.14 Å². The van der Waals surface area contributed by atoms with E-state index in [0.717, 1.165) is 17.1 Å². The van der Waals surface area contributed by atoms with Crippen molar-refractivity contribution in [3.8, 4) is 11.5 Å². The fraction of sp³-hybridized carbons (Fsp3) is 0.538. The Morgan fingerprint density at radius 3 is 2.33 bits per heavy atom. The van der Waals surface area contributed by atoms with E-state index < -0.39 is 10.2 Å². The lowest BCUT2D eigenvalue weighted by Crippen LogP contribution is -2.50. The van der Waals surface area contributed by atoms with Crippen LogP contribution < -0.4 is 14.6 Å². The molecule has 0 bridgehead atoms. The van der Waals surface area contributed by atoms with E-state index in [4.69, 9.17) is 14.6 Å². The van der Waals surface area contributed by atoms with Gasteiger partial charge in [-0.1, -0.05) is 0 Å². The Morgan fingerprint density at radius 2 is 1.81 bits per heavy atom. The highest BCUT2D eigenvalue weighted by molar-refractivity contribution is 7.86. The standard InChI is InChI=1S/C13H21N3O4S/c1-19-12-3-4-13(20-2)11(9-12)10-15-5-7-16(8-6-15)21(14,17)18/h3-4,9H,5-8,10H2,1-2H3,(H2,14,17,18). The summed E-state index contributed by atoms with van der Waals surface area (Å²) in [5.41, 5.74) is 1.01. The summed E-state index contributed by atoms with van der Waals surface area (Å²) < 4.78 is 34.4. The molecule has 2 N–H and O–H groups in total. The van der Waals surface area contributed by atoms with Crippen molar-refractivity contribution in [2.75, 3.05) is 40.4 Å². The number of nitrogens with zero attached hydrogens (tertiary/aromatic N) is 2. The third kappa shape index (κ3) is 4.07. The Bertz CT molecular complexity index is 583. The average molecular weight is 315 g/mol. The maximum Gasteiger partial charge on any atom is 0.276 e. The Hall–Kier alpha value is -1.35. The molecule has 0 spiro atoms. The Morgan fingerprint density at radius 1 is 1.14 bits per heavy atom. The van der Waals surface area contributed by atoms with Crippen LogP contribution >= 0.6 is 0 Å². The van der Waals surface area contributed by atoms with Gasteiger partial charge >= 0.3 is 0 Å². The molecular weight excluding hydrogens is 294 g/mol. The summed E-state index contributed by atoms with van der Waals surface area (Å²) in [6.45, 7) is 2.77. The summed E-state index contributed by atoms with van der Waals surface area (Å²) >= 11 is 0. The third-order valence-corrected chi connectivity index (χ3v) is 4.66. The van der Waals surface area contributed by atoms with Crippen LogP contribution in [0.4, 0.5) is 0 Å². The van der Waals surface area contributed by atoms with Crippen LogP contribution in [0.2, 0.25) is 0 Å². The van der Waals surface area contributed by atoms with Crippen LogP contribution in [0.15, 0.2) is 18.2 Å². The summed E-state index contributed by atoms with van der Waals surface area (Å²) in [5.74, 6) is 1.57. The van der Waals surface area contributed by atoms with Crippen LogP contribution in [0.5, 0.6) is 11.5 Å². The first-order valence-electron chi connectivity index (χ1n) is 6.65. The molecule has 1 aliphatic heterocycles. The van der Waals surface area contributed by atoms with Crippen molar-refractivity contribution in [2.24, 2.45) is 5.14 Å². The SMILES string of the molecule is COc1ccc(OC)c(CN2CCN(S(N)(=O)=O)CC2)c1. The summed E-state index contributed by atoms with van der Waals surface area (Å²) in [5, 5.41) is 5.13. The normalized spacial score (nSPS) is 17.7. The zero-order valence-corrected chi connectivity index (χ0v) is 13.1. The number of nitrogens with two attached hydrogens (primary N) is 1. The predicted molar refractivity (Wildman–Crippen MR) is 79.5 cm³/mol. The van der Waals surface area contributed by atoms with Crippen LogP contribution in [-0.2, 0) is 16.8 Å². The van der Waals surface area contributed by atoms with Gasteiger partial charge in [-0.15, -0.1) is 0 Å². The van der Waals surface area contributed by atoms with Gasteiger partial charge in [0.1, 0.15) is 11.5 Å². The number of benzene rings is 1. The van der Waals surface area contributed by atoms with Gasteiger partial charge in [-0.3, -0.25) is 4.90 Å². The molecule has 1 heterocycles. The molecule has 0 atom stereocenters. The molecule has 8 heteroatoms. The lowest BCUT2D eigenvalue weighted by molar-refractivity contribution is 0.180. The minimum absolute atomic E-state index is 0.408. The van der Waals surface area contributed by atoms with Crippen LogP contribution in [0.1, 0.15) is 5.56 Å². The maximum absolute atomic E-state index is 11.3. The van der Waals surface area contributed by atoms with E-state index in [2.05, 4.69) is 4.90 Å². The van der Waals surface area contributed by atoms with Crippen molar-refractivity contribution < 1.29 is 17.9 Å². The number of ether oxygens (including phenoxy) is 2. The minimum atomic E-state index is -3.58. The molecule has 7 nitrogen and oxygen atoms in total. The van der Waals surface area contributed by atoms with Gasteiger partial charge in [0.25, 0.3) is 10.2 Å². The Labute approximate surface area is 125 Å². The van der Waals surface area contributed by atoms with Gasteiger partial charge in [0.15, 0.2) is 0 Å². The van der Waals surface area contributed by atoms with Crippen LogP contribution in [0.3, 0.4) is 0 Å².